The van der Waals surface area contributed by atoms with Crippen LogP contribution in [0.5, 0.6) is 5.75 Å². The molecule has 2 aromatic rings. The summed E-state index contributed by atoms with van der Waals surface area (Å²) < 4.78 is 31.9. The summed E-state index contributed by atoms with van der Waals surface area (Å²) in [6.07, 6.45) is 2.23. The van der Waals surface area contributed by atoms with Crippen LogP contribution in [0.1, 0.15) is 35.6 Å². The van der Waals surface area contributed by atoms with Gasteiger partial charge < -0.3 is 9.84 Å². The number of rotatable bonds is 3. The van der Waals surface area contributed by atoms with E-state index < -0.39 is 17.7 Å². The third kappa shape index (κ3) is 3.05. The van der Waals surface area contributed by atoms with Crippen molar-refractivity contribution >= 4 is 0 Å². The second kappa shape index (κ2) is 5.82. The van der Waals surface area contributed by atoms with E-state index in [0.29, 0.717) is 11.3 Å². The van der Waals surface area contributed by atoms with Crippen LogP contribution in [0.4, 0.5) is 8.78 Å². The zero-order chi connectivity index (χ0) is 14.8. The Hall–Kier alpha value is -1.94. The van der Waals surface area contributed by atoms with Gasteiger partial charge in [0.05, 0.1) is 6.10 Å². The molecule has 4 heteroatoms. The van der Waals surface area contributed by atoms with E-state index in [-0.39, 0.29) is 6.61 Å². The number of ether oxygens (including phenoxy) is 1. The van der Waals surface area contributed by atoms with Crippen LogP contribution in [0.15, 0.2) is 36.4 Å². The molecule has 0 fully saturated rings. The third-order valence-electron chi connectivity index (χ3n) is 3.81. The highest BCUT2D eigenvalue weighted by Gasteiger charge is 2.18. The highest BCUT2D eigenvalue weighted by molar-refractivity contribution is 5.38. The molecule has 2 nitrogen and oxygen atoms in total. The molecule has 0 heterocycles. The van der Waals surface area contributed by atoms with E-state index >= 15 is 0 Å². The molecule has 3 rings (SSSR count). The van der Waals surface area contributed by atoms with Gasteiger partial charge in [0.1, 0.15) is 24.0 Å². The van der Waals surface area contributed by atoms with Gasteiger partial charge in [0, 0.05) is 11.6 Å². The maximum absolute atomic E-state index is 13.5. The highest BCUT2D eigenvalue weighted by Crippen LogP contribution is 2.32. The van der Waals surface area contributed by atoms with E-state index in [0.717, 1.165) is 36.5 Å². The largest absolute Gasteiger partial charge is 0.489 e. The summed E-state index contributed by atoms with van der Waals surface area (Å²) in [5.74, 6) is -0.639. The molecule has 0 bridgehead atoms. The van der Waals surface area contributed by atoms with Gasteiger partial charge in [-0.15, -0.1) is 0 Å². The number of aliphatic hydroxyl groups excluding tert-OH is 1. The molecule has 1 atom stereocenters. The summed E-state index contributed by atoms with van der Waals surface area (Å²) in [7, 11) is 0. The lowest BCUT2D eigenvalue weighted by molar-refractivity contribution is 0.156. The quantitative estimate of drug-likeness (QED) is 0.928. The van der Waals surface area contributed by atoms with Gasteiger partial charge in [-0.2, -0.15) is 0 Å². The standard InChI is InChI=1S/C17H16F2O2/c18-13-6-4-12(16(19)8-13)10-21-14-7-5-11-2-1-3-17(20)15(11)9-14/h4-9,17,20H,1-3,10H2/t17-/m0/s1. The number of hydrogen-bond acceptors (Lipinski definition) is 2. The number of aryl methyl sites for hydroxylation is 1. The zero-order valence-corrected chi connectivity index (χ0v) is 11.5. The van der Waals surface area contributed by atoms with Crippen molar-refractivity contribution in [2.45, 2.75) is 32.0 Å². The van der Waals surface area contributed by atoms with Gasteiger partial charge in [0.15, 0.2) is 0 Å². The van der Waals surface area contributed by atoms with E-state index in [9.17, 15) is 13.9 Å². The average molecular weight is 290 g/mol. The molecule has 0 saturated heterocycles. The van der Waals surface area contributed by atoms with E-state index in [4.69, 9.17) is 4.74 Å². The third-order valence-corrected chi connectivity index (χ3v) is 3.81. The summed E-state index contributed by atoms with van der Waals surface area (Å²) in [6, 6.07) is 8.98. The number of benzene rings is 2. The smallest absolute Gasteiger partial charge is 0.132 e. The van der Waals surface area contributed by atoms with Crippen LogP contribution >= 0.6 is 0 Å². The summed E-state index contributed by atoms with van der Waals surface area (Å²) in [6.45, 7) is 0.0288. The molecule has 0 aromatic heterocycles. The maximum Gasteiger partial charge on any atom is 0.132 e. The Morgan fingerprint density at radius 2 is 2.00 bits per heavy atom. The molecule has 1 N–H and O–H groups in total. The molecule has 1 aliphatic carbocycles. The predicted octanol–water partition coefficient (Wildman–Crippen LogP) is 3.91. The Morgan fingerprint density at radius 3 is 2.81 bits per heavy atom. The Bertz CT molecular complexity index is 655. The summed E-state index contributed by atoms with van der Waals surface area (Å²) in [5, 5.41) is 9.99. The highest BCUT2D eigenvalue weighted by atomic mass is 19.1. The first-order valence-electron chi connectivity index (χ1n) is 7.01. The lowest BCUT2D eigenvalue weighted by Gasteiger charge is -2.22. The van der Waals surface area contributed by atoms with Crippen LogP contribution in [0.2, 0.25) is 0 Å². The van der Waals surface area contributed by atoms with Crippen molar-refractivity contribution in [2.24, 2.45) is 0 Å². The van der Waals surface area contributed by atoms with Gasteiger partial charge in [-0.05, 0) is 54.7 Å². The van der Waals surface area contributed by atoms with Crippen LogP contribution < -0.4 is 4.74 Å². The Kier molecular flexibility index (Phi) is 3.88. The number of hydrogen-bond donors (Lipinski definition) is 1. The molecule has 1 aliphatic rings. The molecule has 110 valence electrons. The van der Waals surface area contributed by atoms with Crippen LogP contribution in [-0.4, -0.2) is 5.11 Å². The predicted molar refractivity (Wildman–Crippen MR) is 75.0 cm³/mol. The molecule has 0 spiro atoms. The average Bonchev–Trinajstić information content (AvgIpc) is 2.47. The Morgan fingerprint density at radius 1 is 1.14 bits per heavy atom. The SMILES string of the molecule is O[C@H]1CCCc2ccc(OCc3ccc(F)cc3F)cc21. The number of fused-ring (bicyclic) bond motifs is 1. The van der Waals surface area contributed by atoms with Crippen LogP contribution in [0, 0.1) is 11.6 Å². The minimum atomic E-state index is -0.618. The molecule has 0 radical (unpaired) electrons. The van der Waals surface area contributed by atoms with Crippen molar-refractivity contribution < 1.29 is 18.6 Å². The molecular weight excluding hydrogens is 274 g/mol. The number of halogens is 2. The summed E-state index contributed by atoms with van der Waals surface area (Å²) in [4.78, 5) is 0. The van der Waals surface area contributed by atoms with Gasteiger partial charge in [0.25, 0.3) is 0 Å². The molecule has 0 amide bonds. The van der Waals surface area contributed by atoms with E-state index in [1.807, 2.05) is 12.1 Å². The van der Waals surface area contributed by atoms with Crippen molar-refractivity contribution in [2.75, 3.05) is 0 Å². The number of aliphatic hydroxyl groups is 1. The Balaban J connectivity index is 1.75. The second-order valence-electron chi connectivity index (χ2n) is 5.29. The molecule has 21 heavy (non-hydrogen) atoms. The van der Waals surface area contributed by atoms with E-state index in [1.54, 1.807) is 6.07 Å². The van der Waals surface area contributed by atoms with Crippen LogP contribution in [0.25, 0.3) is 0 Å². The van der Waals surface area contributed by atoms with Gasteiger partial charge in [-0.1, -0.05) is 6.07 Å². The maximum atomic E-state index is 13.5. The molecular formula is C17H16F2O2. The van der Waals surface area contributed by atoms with Crippen molar-refractivity contribution in [3.8, 4) is 5.75 Å². The first-order valence-corrected chi connectivity index (χ1v) is 7.01. The van der Waals surface area contributed by atoms with Gasteiger partial charge in [-0.3, -0.25) is 0 Å². The molecule has 0 saturated carbocycles. The van der Waals surface area contributed by atoms with Crippen LogP contribution in [-0.2, 0) is 13.0 Å². The fraction of sp³-hybridized carbons (Fsp3) is 0.294. The fourth-order valence-corrected chi connectivity index (χ4v) is 2.64. The monoisotopic (exact) mass is 290 g/mol. The first kappa shape index (κ1) is 14.0. The Labute approximate surface area is 122 Å². The normalized spacial score (nSPS) is 17.4. The topological polar surface area (TPSA) is 29.5 Å². The second-order valence-corrected chi connectivity index (χ2v) is 5.29. The minimum Gasteiger partial charge on any atom is -0.489 e. The van der Waals surface area contributed by atoms with Crippen molar-refractivity contribution in [3.05, 3.63) is 64.7 Å². The van der Waals surface area contributed by atoms with Gasteiger partial charge in [-0.25, -0.2) is 8.78 Å². The lowest BCUT2D eigenvalue weighted by atomic mass is 9.89. The fourth-order valence-electron chi connectivity index (χ4n) is 2.64. The van der Waals surface area contributed by atoms with Crippen molar-refractivity contribution in [3.63, 3.8) is 0 Å². The summed E-state index contributed by atoms with van der Waals surface area (Å²) >= 11 is 0. The first-order chi connectivity index (χ1) is 10.1. The van der Waals surface area contributed by atoms with E-state index in [2.05, 4.69) is 0 Å². The van der Waals surface area contributed by atoms with Gasteiger partial charge >= 0.3 is 0 Å². The van der Waals surface area contributed by atoms with Crippen LogP contribution in [0.3, 0.4) is 0 Å². The van der Waals surface area contributed by atoms with Crippen molar-refractivity contribution in [1.29, 1.82) is 0 Å². The molecule has 0 unspecified atom stereocenters. The lowest BCUT2D eigenvalue weighted by Crippen LogP contribution is -2.09. The molecule has 0 aliphatic heterocycles. The zero-order valence-electron chi connectivity index (χ0n) is 11.5. The molecule has 2 aromatic carbocycles. The van der Waals surface area contributed by atoms with Crippen molar-refractivity contribution in [1.82, 2.24) is 0 Å². The minimum absolute atomic E-state index is 0.0288. The van der Waals surface area contributed by atoms with Gasteiger partial charge in [0.2, 0.25) is 0 Å². The summed E-state index contributed by atoms with van der Waals surface area (Å²) in [5.41, 5.74) is 2.32. The van der Waals surface area contributed by atoms with E-state index in [1.165, 1.54) is 12.1 Å².